The number of carbonyl (C=O) groups excluding carboxylic acids is 1. The summed E-state index contributed by atoms with van der Waals surface area (Å²) in [5.74, 6) is -0.418. The molecule has 9 nitrogen and oxygen atoms in total. The van der Waals surface area contributed by atoms with Gasteiger partial charge in [0.25, 0.3) is 5.91 Å². The molecule has 3 N–H and O–H groups in total. The van der Waals surface area contributed by atoms with E-state index in [1.54, 1.807) is 36.5 Å². The maximum atomic E-state index is 12.7. The number of phenols is 1. The molecule has 1 atom stereocenters. The van der Waals surface area contributed by atoms with Crippen LogP contribution in [0.2, 0.25) is 0 Å². The molecule has 5 rings (SSSR count). The van der Waals surface area contributed by atoms with Gasteiger partial charge in [-0.1, -0.05) is 24.3 Å². The summed E-state index contributed by atoms with van der Waals surface area (Å²) in [6, 6.07) is 17.8. The maximum absolute atomic E-state index is 12.7. The number of aromatic hydroxyl groups is 1. The Morgan fingerprint density at radius 1 is 1.14 bits per heavy atom. The van der Waals surface area contributed by atoms with Crippen LogP contribution in [-0.2, 0) is 6.42 Å². The summed E-state index contributed by atoms with van der Waals surface area (Å²) >= 11 is 0. The average molecular weight is 478 g/mol. The van der Waals surface area contributed by atoms with Crippen LogP contribution in [0.1, 0.15) is 33.9 Å². The number of hydrogen-bond donors (Lipinski definition) is 3. The molecule has 0 saturated heterocycles. The van der Waals surface area contributed by atoms with E-state index in [0.717, 1.165) is 34.3 Å². The summed E-state index contributed by atoms with van der Waals surface area (Å²) in [5, 5.41) is 27.5. The highest BCUT2D eigenvalue weighted by atomic mass is 16.3. The fraction of sp³-hybridized carbons (Fsp3) is 0.148. The topological polar surface area (TPSA) is 133 Å². The summed E-state index contributed by atoms with van der Waals surface area (Å²) in [4.78, 5) is 24.5. The molecule has 0 spiro atoms. The van der Waals surface area contributed by atoms with Gasteiger partial charge in [-0.15, -0.1) is 0 Å². The third-order valence-electron chi connectivity index (χ3n) is 6.10. The van der Waals surface area contributed by atoms with Gasteiger partial charge in [0, 0.05) is 29.9 Å². The predicted octanol–water partition coefficient (Wildman–Crippen LogP) is 4.00. The zero-order valence-corrected chi connectivity index (χ0v) is 19.3. The first-order valence-electron chi connectivity index (χ1n) is 11.5. The smallest absolute Gasteiger partial charge is 0.255 e. The minimum atomic E-state index is -0.353. The largest absolute Gasteiger partial charge is 0.507 e. The molecule has 36 heavy (non-hydrogen) atoms. The second kappa shape index (κ2) is 10.1. The number of hydrogen-bond acceptors (Lipinski definition) is 6. The normalized spacial score (nSPS) is 11.8. The quantitative estimate of drug-likeness (QED) is 0.309. The molecular weight excluding hydrogens is 454 g/mol. The van der Waals surface area contributed by atoms with E-state index in [2.05, 4.69) is 31.4 Å². The Morgan fingerprint density at radius 2 is 1.97 bits per heavy atom. The van der Waals surface area contributed by atoms with Crippen LogP contribution in [0.3, 0.4) is 0 Å². The number of fused-ring (bicyclic) bond motifs is 1. The van der Waals surface area contributed by atoms with Crippen LogP contribution in [-0.4, -0.2) is 42.3 Å². The van der Waals surface area contributed by atoms with Gasteiger partial charge in [0.1, 0.15) is 17.7 Å². The van der Waals surface area contributed by atoms with Crippen molar-refractivity contribution in [3.63, 3.8) is 0 Å². The van der Waals surface area contributed by atoms with E-state index in [4.69, 9.17) is 5.26 Å². The highest BCUT2D eigenvalue weighted by Gasteiger charge is 2.18. The third kappa shape index (κ3) is 4.79. The molecule has 0 bridgehead atoms. The van der Waals surface area contributed by atoms with E-state index in [1.165, 1.54) is 12.4 Å². The minimum absolute atomic E-state index is 0.0650. The number of amides is 1. The lowest BCUT2D eigenvalue weighted by molar-refractivity contribution is 0.0943. The summed E-state index contributed by atoms with van der Waals surface area (Å²) in [5.41, 5.74) is 4.29. The van der Waals surface area contributed by atoms with Crippen molar-refractivity contribution in [1.29, 1.82) is 5.26 Å². The molecule has 0 fully saturated rings. The average Bonchev–Trinajstić information content (AvgIpc) is 3.59. The van der Waals surface area contributed by atoms with Crippen molar-refractivity contribution in [3.8, 4) is 23.1 Å². The van der Waals surface area contributed by atoms with Gasteiger partial charge in [-0.05, 0) is 48.7 Å². The predicted molar refractivity (Wildman–Crippen MR) is 134 cm³/mol. The number of phenolic OH excluding ortho intramolecular Hbond substituents is 1. The Hall–Kier alpha value is -4.97. The Balaban J connectivity index is 1.38. The fourth-order valence-corrected chi connectivity index (χ4v) is 4.14. The van der Waals surface area contributed by atoms with Gasteiger partial charge in [0.05, 0.1) is 35.1 Å². The van der Waals surface area contributed by atoms with Crippen LogP contribution in [0.15, 0.2) is 79.5 Å². The highest BCUT2D eigenvalue weighted by Crippen LogP contribution is 2.26. The summed E-state index contributed by atoms with van der Waals surface area (Å²) in [7, 11) is 0. The molecule has 178 valence electrons. The second-order valence-electron chi connectivity index (χ2n) is 8.40. The van der Waals surface area contributed by atoms with Crippen LogP contribution in [0.5, 0.6) is 5.75 Å². The molecule has 3 aromatic heterocycles. The number of H-pyrrole nitrogens is 1. The lowest BCUT2D eigenvalue weighted by Crippen LogP contribution is -2.31. The van der Waals surface area contributed by atoms with Gasteiger partial charge < -0.3 is 15.4 Å². The molecule has 0 radical (unpaired) electrons. The summed E-state index contributed by atoms with van der Waals surface area (Å²) < 4.78 is 1.84. The van der Waals surface area contributed by atoms with E-state index in [0.29, 0.717) is 18.5 Å². The zero-order valence-electron chi connectivity index (χ0n) is 19.3. The molecule has 0 aliphatic heterocycles. The summed E-state index contributed by atoms with van der Waals surface area (Å²) in [6.45, 7) is 0.313. The second-order valence-corrected chi connectivity index (χ2v) is 8.40. The van der Waals surface area contributed by atoms with Crippen molar-refractivity contribution in [1.82, 2.24) is 30.0 Å². The number of aromatic amines is 1. The number of aryl methyl sites for hydroxylation is 1. The number of benzene rings is 2. The summed E-state index contributed by atoms with van der Waals surface area (Å²) in [6.07, 6.45) is 8.44. The van der Waals surface area contributed by atoms with E-state index in [1.807, 2.05) is 35.3 Å². The van der Waals surface area contributed by atoms with Gasteiger partial charge in [0.2, 0.25) is 0 Å². The monoisotopic (exact) mass is 477 g/mol. The maximum Gasteiger partial charge on any atom is 0.255 e. The highest BCUT2D eigenvalue weighted by molar-refractivity contribution is 5.96. The first-order chi connectivity index (χ1) is 17.6. The number of nitriles is 1. The van der Waals surface area contributed by atoms with E-state index < -0.39 is 0 Å². The van der Waals surface area contributed by atoms with Crippen molar-refractivity contribution in [3.05, 3.63) is 96.2 Å². The molecule has 9 heteroatoms. The van der Waals surface area contributed by atoms with Crippen molar-refractivity contribution >= 4 is 16.9 Å². The van der Waals surface area contributed by atoms with Crippen molar-refractivity contribution in [2.24, 2.45) is 0 Å². The molecule has 5 aromatic rings. The minimum Gasteiger partial charge on any atom is -0.507 e. The van der Waals surface area contributed by atoms with Crippen molar-refractivity contribution in [2.75, 3.05) is 6.54 Å². The standard InChI is InChI=1S/C27H23N7O2/c28-13-19-7-5-18(6-8-19)9-10-21(15-30-27(36)22-3-1-2-4-24(22)35)34-16-20(14-33-34)25-23-11-12-29-26(23)32-17-31-25/h1-8,11-12,14,16-17,21,35H,9-10,15H2,(H,30,36)(H,29,31,32). The lowest BCUT2D eigenvalue weighted by Gasteiger charge is -2.19. The van der Waals surface area contributed by atoms with Crippen molar-refractivity contribution in [2.45, 2.75) is 18.9 Å². The van der Waals surface area contributed by atoms with E-state index >= 15 is 0 Å². The SMILES string of the molecule is N#Cc1ccc(CCC(CNC(=O)c2ccccc2O)n2cc(-c3ncnc4[nH]ccc34)cn2)cc1. The van der Waals surface area contributed by atoms with E-state index in [-0.39, 0.29) is 23.3 Å². The van der Waals surface area contributed by atoms with Crippen LogP contribution in [0.25, 0.3) is 22.3 Å². The van der Waals surface area contributed by atoms with Gasteiger partial charge in [-0.3, -0.25) is 9.48 Å². The van der Waals surface area contributed by atoms with Gasteiger partial charge in [-0.25, -0.2) is 9.97 Å². The number of nitrogens with zero attached hydrogens (tertiary/aromatic N) is 5. The molecular formula is C27H23N7O2. The first-order valence-corrected chi connectivity index (χ1v) is 11.5. The number of nitrogens with one attached hydrogen (secondary N) is 2. The Morgan fingerprint density at radius 3 is 2.78 bits per heavy atom. The molecule has 0 saturated carbocycles. The van der Waals surface area contributed by atoms with Crippen LogP contribution in [0, 0.1) is 11.3 Å². The number of aromatic nitrogens is 5. The lowest BCUT2D eigenvalue weighted by atomic mass is 10.0. The van der Waals surface area contributed by atoms with E-state index in [9.17, 15) is 9.90 Å². The number of rotatable bonds is 8. The Labute approximate surface area is 207 Å². The molecule has 0 aliphatic carbocycles. The third-order valence-corrected chi connectivity index (χ3v) is 6.10. The first kappa shape index (κ1) is 22.8. The fourth-order valence-electron chi connectivity index (χ4n) is 4.14. The molecule has 0 aliphatic rings. The molecule has 3 heterocycles. The van der Waals surface area contributed by atoms with Crippen molar-refractivity contribution < 1.29 is 9.90 Å². The Kier molecular flexibility index (Phi) is 6.40. The molecule has 2 aromatic carbocycles. The van der Waals surface area contributed by atoms with Crippen LogP contribution in [0.4, 0.5) is 0 Å². The Bertz CT molecular complexity index is 1550. The zero-order chi connectivity index (χ0) is 24.9. The van der Waals surface area contributed by atoms with Gasteiger partial charge >= 0.3 is 0 Å². The van der Waals surface area contributed by atoms with Crippen LogP contribution < -0.4 is 5.32 Å². The van der Waals surface area contributed by atoms with Gasteiger partial charge in [-0.2, -0.15) is 10.4 Å². The van der Waals surface area contributed by atoms with Gasteiger partial charge in [0.15, 0.2) is 0 Å². The number of carbonyl (C=O) groups is 1. The van der Waals surface area contributed by atoms with Crippen LogP contribution >= 0.6 is 0 Å². The number of para-hydroxylation sites is 1. The molecule has 1 amide bonds. The molecule has 1 unspecified atom stereocenters.